The number of nitrogens with zero attached hydrogens (tertiary/aromatic N) is 1. The summed E-state index contributed by atoms with van der Waals surface area (Å²) < 4.78 is 0. The zero-order valence-electron chi connectivity index (χ0n) is 8.83. The highest BCUT2D eigenvalue weighted by Crippen LogP contribution is 2.25. The van der Waals surface area contributed by atoms with Crippen molar-refractivity contribution in [3.05, 3.63) is 35.5 Å². The highest BCUT2D eigenvalue weighted by atomic mass is 14.9. The zero-order chi connectivity index (χ0) is 10.7. The van der Waals surface area contributed by atoms with Crippen LogP contribution in [0, 0.1) is 0 Å². The molecule has 1 aliphatic rings. The molecule has 0 aromatic heterocycles. The third-order valence-electron chi connectivity index (χ3n) is 2.60. The molecule has 15 heavy (non-hydrogen) atoms. The molecule has 0 fully saturated rings. The van der Waals surface area contributed by atoms with Crippen molar-refractivity contribution in [1.29, 1.82) is 0 Å². The lowest BCUT2D eigenvalue weighted by Gasteiger charge is -2.05. The van der Waals surface area contributed by atoms with Crippen molar-refractivity contribution in [3.63, 3.8) is 0 Å². The van der Waals surface area contributed by atoms with Crippen LogP contribution >= 0.6 is 0 Å². The van der Waals surface area contributed by atoms with Crippen LogP contribution < -0.4 is 11.1 Å². The maximum absolute atomic E-state index is 5.56. The van der Waals surface area contributed by atoms with Crippen molar-refractivity contribution in [2.24, 2.45) is 10.7 Å². The van der Waals surface area contributed by atoms with Crippen LogP contribution in [0.2, 0.25) is 0 Å². The molecule has 0 amide bonds. The van der Waals surface area contributed by atoms with Gasteiger partial charge in [-0.15, -0.1) is 0 Å². The van der Waals surface area contributed by atoms with Crippen LogP contribution in [0.3, 0.4) is 0 Å². The minimum Gasteiger partial charge on any atom is -0.404 e. The van der Waals surface area contributed by atoms with E-state index in [2.05, 4.69) is 28.5 Å². The van der Waals surface area contributed by atoms with Crippen molar-refractivity contribution in [2.45, 2.75) is 6.42 Å². The number of fused-ring (bicyclic) bond motifs is 1. The van der Waals surface area contributed by atoms with Gasteiger partial charge < -0.3 is 11.1 Å². The van der Waals surface area contributed by atoms with E-state index in [0.717, 1.165) is 24.1 Å². The van der Waals surface area contributed by atoms with Crippen LogP contribution in [0.1, 0.15) is 11.1 Å². The lowest BCUT2D eigenvalue weighted by atomic mass is 10.0. The van der Waals surface area contributed by atoms with Crippen LogP contribution in [0.4, 0.5) is 5.69 Å². The first-order valence-corrected chi connectivity index (χ1v) is 5.06. The third-order valence-corrected chi connectivity index (χ3v) is 2.60. The quantitative estimate of drug-likeness (QED) is 0.715. The van der Waals surface area contributed by atoms with Gasteiger partial charge in [-0.05, 0) is 23.6 Å². The first-order chi connectivity index (χ1) is 7.35. The Hall–Kier alpha value is -1.77. The summed E-state index contributed by atoms with van der Waals surface area (Å²) in [7, 11) is 1.75. The Morgan fingerprint density at radius 2 is 2.40 bits per heavy atom. The zero-order valence-corrected chi connectivity index (χ0v) is 8.83. The molecule has 2 rings (SSSR count). The molecular formula is C12H15N3. The molecule has 0 unspecified atom stereocenters. The van der Waals surface area contributed by atoms with Gasteiger partial charge >= 0.3 is 0 Å². The van der Waals surface area contributed by atoms with Crippen LogP contribution in [-0.2, 0) is 6.42 Å². The number of rotatable bonds is 2. The highest BCUT2D eigenvalue weighted by molar-refractivity contribution is 6.09. The largest absolute Gasteiger partial charge is 0.404 e. The number of allylic oxidation sites excluding steroid dienone is 1. The normalized spacial score (nSPS) is 15.4. The van der Waals surface area contributed by atoms with Crippen molar-refractivity contribution >= 4 is 17.5 Å². The molecule has 0 saturated carbocycles. The predicted octanol–water partition coefficient (Wildman–Crippen LogP) is 1.65. The number of hydrogen-bond acceptors (Lipinski definition) is 3. The van der Waals surface area contributed by atoms with Gasteiger partial charge in [0.25, 0.3) is 0 Å². The lowest BCUT2D eigenvalue weighted by molar-refractivity contribution is 1.11. The van der Waals surface area contributed by atoms with Gasteiger partial charge in [-0.3, -0.25) is 4.99 Å². The van der Waals surface area contributed by atoms with E-state index in [1.165, 1.54) is 11.3 Å². The summed E-state index contributed by atoms with van der Waals surface area (Å²) in [4.78, 5) is 3.98. The Kier molecular flexibility index (Phi) is 2.72. The first kappa shape index (κ1) is 9.77. The fourth-order valence-electron chi connectivity index (χ4n) is 1.82. The van der Waals surface area contributed by atoms with Gasteiger partial charge in [-0.1, -0.05) is 12.1 Å². The maximum Gasteiger partial charge on any atom is 0.0379 e. The molecule has 3 N–H and O–H groups in total. The summed E-state index contributed by atoms with van der Waals surface area (Å²) >= 11 is 0. The average molecular weight is 201 g/mol. The predicted molar refractivity (Wildman–Crippen MR) is 65.2 cm³/mol. The number of aliphatic imine (C=N–C) groups is 1. The Morgan fingerprint density at radius 1 is 1.53 bits per heavy atom. The van der Waals surface area contributed by atoms with Crippen LogP contribution in [0.25, 0.3) is 5.57 Å². The van der Waals surface area contributed by atoms with Crippen molar-refractivity contribution in [1.82, 2.24) is 0 Å². The Balaban J connectivity index is 2.37. The Bertz CT molecular complexity index is 419. The summed E-state index contributed by atoms with van der Waals surface area (Å²) in [5, 5.41) is 3.35. The Morgan fingerprint density at radius 3 is 3.13 bits per heavy atom. The van der Waals surface area contributed by atoms with E-state index in [1.54, 1.807) is 19.5 Å². The fourth-order valence-corrected chi connectivity index (χ4v) is 1.82. The molecule has 0 bridgehead atoms. The first-order valence-electron chi connectivity index (χ1n) is 5.06. The number of nitrogens with one attached hydrogen (secondary N) is 1. The maximum atomic E-state index is 5.56. The molecule has 1 heterocycles. The Labute approximate surface area is 89.7 Å². The van der Waals surface area contributed by atoms with E-state index in [0.29, 0.717) is 0 Å². The van der Waals surface area contributed by atoms with Gasteiger partial charge in [-0.25, -0.2) is 0 Å². The number of nitrogens with two attached hydrogens (primary N) is 1. The van der Waals surface area contributed by atoms with Gasteiger partial charge in [0, 0.05) is 37.3 Å². The van der Waals surface area contributed by atoms with Crippen LogP contribution in [0.15, 0.2) is 29.4 Å². The van der Waals surface area contributed by atoms with Gasteiger partial charge in [0.15, 0.2) is 0 Å². The molecule has 0 spiro atoms. The number of benzene rings is 1. The van der Waals surface area contributed by atoms with E-state index in [-0.39, 0.29) is 0 Å². The number of hydrogen-bond donors (Lipinski definition) is 2. The molecule has 0 radical (unpaired) electrons. The summed E-state index contributed by atoms with van der Waals surface area (Å²) in [6.07, 6.45) is 4.47. The summed E-state index contributed by atoms with van der Waals surface area (Å²) in [6, 6.07) is 6.37. The molecule has 3 nitrogen and oxygen atoms in total. The number of anilines is 1. The molecule has 78 valence electrons. The second kappa shape index (κ2) is 4.17. The molecule has 1 aromatic carbocycles. The smallest absolute Gasteiger partial charge is 0.0379 e. The van der Waals surface area contributed by atoms with Crippen LogP contribution in [-0.4, -0.2) is 19.8 Å². The summed E-state index contributed by atoms with van der Waals surface area (Å²) in [5.74, 6) is 0. The minimum absolute atomic E-state index is 0.953. The highest BCUT2D eigenvalue weighted by Gasteiger charge is 2.10. The van der Waals surface area contributed by atoms with Crippen molar-refractivity contribution in [2.75, 3.05) is 18.9 Å². The van der Waals surface area contributed by atoms with Crippen LogP contribution in [0.5, 0.6) is 0 Å². The van der Waals surface area contributed by atoms with E-state index in [1.807, 2.05) is 0 Å². The SMILES string of the molecule is CN=CC(=CN)c1ccc2c(c1)NCC2. The van der Waals surface area contributed by atoms with Crippen molar-refractivity contribution in [3.8, 4) is 0 Å². The fraction of sp³-hybridized carbons (Fsp3) is 0.250. The minimum atomic E-state index is 0.953. The molecule has 1 aromatic rings. The molecule has 1 aliphatic heterocycles. The molecule has 0 aliphatic carbocycles. The molecule has 0 saturated heterocycles. The van der Waals surface area contributed by atoms with E-state index >= 15 is 0 Å². The van der Waals surface area contributed by atoms with Gasteiger partial charge in [0.2, 0.25) is 0 Å². The average Bonchev–Trinajstić information content (AvgIpc) is 2.72. The second-order valence-electron chi connectivity index (χ2n) is 3.56. The standard InChI is InChI=1S/C12H15N3/c1-14-8-11(7-13)10-3-2-9-4-5-15-12(9)6-10/h2-3,6-8,15H,4-5,13H2,1H3. The monoisotopic (exact) mass is 201 g/mol. The van der Waals surface area contributed by atoms with Gasteiger partial charge in [0.05, 0.1) is 0 Å². The van der Waals surface area contributed by atoms with E-state index in [9.17, 15) is 0 Å². The summed E-state index contributed by atoms with van der Waals surface area (Å²) in [6.45, 7) is 1.03. The second-order valence-corrected chi connectivity index (χ2v) is 3.56. The summed E-state index contributed by atoms with van der Waals surface area (Å²) in [5.41, 5.74) is 10.2. The topological polar surface area (TPSA) is 50.4 Å². The lowest BCUT2D eigenvalue weighted by Crippen LogP contribution is -1.94. The third kappa shape index (κ3) is 1.86. The van der Waals surface area contributed by atoms with Gasteiger partial charge in [0.1, 0.15) is 0 Å². The van der Waals surface area contributed by atoms with Gasteiger partial charge in [-0.2, -0.15) is 0 Å². The van der Waals surface area contributed by atoms with Crippen molar-refractivity contribution < 1.29 is 0 Å². The molecule has 0 atom stereocenters. The molecular weight excluding hydrogens is 186 g/mol. The van der Waals surface area contributed by atoms with E-state index < -0.39 is 0 Å². The van der Waals surface area contributed by atoms with E-state index in [4.69, 9.17) is 5.73 Å². The molecule has 3 heteroatoms.